The molecular formula is C10H16O2. The average Bonchev–Trinajstić information content (AvgIpc) is 1.98. The summed E-state index contributed by atoms with van der Waals surface area (Å²) in [5.74, 6) is -0.179. The van der Waals surface area contributed by atoms with Gasteiger partial charge in [0.25, 0.3) is 0 Å². The van der Waals surface area contributed by atoms with Crippen LogP contribution in [0, 0.1) is 11.3 Å². The van der Waals surface area contributed by atoms with Crippen LogP contribution in [0.4, 0.5) is 0 Å². The van der Waals surface area contributed by atoms with Gasteiger partial charge in [0.1, 0.15) is 6.29 Å². The molecule has 1 saturated carbocycles. The first-order valence-electron chi connectivity index (χ1n) is 4.31. The van der Waals surface area contributed by atoms with Crippen molar-refractivity contribution < 1.29 is 9.90 Å². The van der Waals surface area contributed by atoms with Crippen molar-refractivity contribution in [2.24, 2.45) is 11.3 Å². The van der Waals surface area contributed by atoms with Crippen LogP contribution < -0.4 is 0 Å². The highest BCUT2D eigenvalue weighted by atomic mass is 16.3. The maximum atomic E-state index is 10.8. The Morgan fingerprint density at radius 1 is 1.67 bits per heavy atom. The third kappa shape index (κ3) is 1.31. The topological polar surface area (TPSA) is 37.3 Å². The second kappa shape index (κ2) is 3.02. The van der Waals surface area contributed by atoms with Gasteiger partial charge in [0.2, 0.25) is 0 Å². The first-order valence-corrected chi connectivity index (χ1v) is 4.31. The zero-order valence-corrected chi connectivity index (χ0v) is 7.71. The maximum Gasteiger partial charge on any atom is 0.127 e. The zero-order chi connectivity index (χ0) is 9.35. The van der Waals surface area contributed by atoms with Crippen LogP contribution in [0.2, 0.25) is 0 Å². The standard InChI is InChI=1S/C10H16O2/c1-7-4-5-9(12)10(2,3)8(7)6-11/h6,8-9,12H,1,4-5H2,2-3H3/t8-,9+/m1/s1. The lowest BCUT2D eigenvalue weighted by Crippen LogP contribution is -2.42. The summed E-state index contributed by atoms with van der Waals surface area (Å²) in [6.07, 6.45) is 2.03. The number of aliphatic hydroxyl groups excluding tert-OH is 1. The molecule has 1 fully saturated rings. The highest BCUT2D eigenvalue weighted by molar-refractivity contribution is 5.60. The first kappa shape index (κ1) is 9.46. The summed E-state index contributed by atoms with van der Waals surface area (Å²) in [5.41, 5.74) is 0.622. The summed E-state index contributed by atoms with van der Waals surface area (Å²) < 4.78 is 0. The molecule has 0 unspecified atom stereocenters. The molecule has 0 saturated heterocycles. The number of hydrogen-bond donors (Lipinski definition) is 1. The fourth-order valence-electron chi connectivity index (χ4n) is 1.85. The van der Waals surface area contributed by atoms with Gasteiger partial charge in [0.05, 0.1) is 6.10 Å². The summed E-state index contributed by atoms with van der Waals surface area (Å²) >= 11 is 0. The molecule has 0 amide bonds. The van der Waals surface area contributed by atoms with E-state index in [0.717, 1.165) is 24.7 Å². The van der Waals surface area contributed by atoms with Crippen molar-refractivity contribution in [1.29, 1.82) is 0 Å². The van der Waals surface area contributed by atoms with Gasteiger partial charge in [-0.25, -0.2) is 0 Å². The summed E-state index contributed by atoms with van der Waals surface area (Å²) in [6, 6.07) is 0. The van der Waals surface area contributed by atoms with Crippen molar-refractivity contribution in [1.82, 2.24) is 0 Å². The van der Waals surface area contributed by atoms with E-state index in [1.54, 1.807) is 0 Å². The molecule has 2 heteroatoms. The molecule has 1 aliphatic rings. The van der Waals surface area contributed by atoms with Crippen LogP contribution in [0.1, 0.15) is 26.7 Å². The predicted molar refractivity (Wildman–Crippen MR) is 47.7 cm³/mol. The van der Waals surface area contributed by atoms with E-state index in [2.05, 4.69) is 6.58 Å². The Bertz CT molecular complexity index is 206. The number of rotatable bonds is 1. The normalized spacial score (nSPS) is 34.8. The summed E-state index contributed by atoms with van der Waals surface area (Å²) in [7, 11) is 0. The van der Waals surface area contributed by atoms with E-state index < -0.39 is 0 Å². The van der Waals surface area contributed by atoms with Gasteiger partial charge in [-0.05, 0) is 12.8 Å². The number of allylic oxidation sites excluding steroid dienone is 1. The molecule has 0 spiro atoms. The van der Waals surface area contributed by atoms with E-state index in [0.29, 0.717) is 0 Å². The van der Waals surface area contributed by atoms with Crippen LogP contribution in [-0.4, -0.2) is 17.5 Å². The number of hydrogen-bond acceptors (Lipinski definition) is 2. The largest absolute Gasteiger partial charge is 0.393 e. The molecule has 0 heterocycles. The molecule has 0 bridgehead atoms. The Balaban J connectivity index is 2.90. The molecule has 0 radical (unpaired) electrons. The van der Waals surface area contributed by atoms with E-state index in [1.165, 1.54) is 0 Å². The van der Waals surface area contributed by atoms with Crippen LogP contribution in [0.3, 0.4) is 0 Å². The smallest absolute Gasteiger partial charge is 0.127 e. The van der Waals surface area contributed by atoms with E-state index in [4.69, 9.17) is 0 Å². The van der Waals surface area contributed by atoms with Gasteiger partial charge in [-0.3, -0.25) is 0 Å². The number of carbonyl (C=O) groups excluding carboxylic acids is 1. The lowest BCUT2D eigenvalue weighted by Gasteiger charge is -2.41. The van der Waals surface area contributed by atoms with Gasteiger partial charge in [-0.1, -0.05) is 26.0 Å². The van der Waals surface area contributed by atoms with Crippen LogP contribution in [0.15, 0.2) is 12.2 Å². The Morgan fingerprint density at radius 2 is 2.25 bits per heavy atom. The van der Waals surface area contributed by atoms with Crippen molar-refractivity contribution in [2.75, 3.05) is 0 Å². The number of carbonyl (C=O) groups is 1. The van der Waals surface area contributed by atoms with Crippen LogP contribution in [-0.2, 0) is 4.79 Å². The third-order valence-corrected chi connectivity index (χ3v) is 2.98. The molecule has 1 rings (SSSR count). The lowest BCUT2D eigenvalue weighted by molar-refractivity contribution is -0.117. The third-order valence-electron chi connectivity index (χ3n) is 2.98. The molecule has 68 valence electrons. The van der Waals surface area contributed by atoms with Gasteiger partial charge >= 0.3 is 0 Å². The minimum atomic E-state index is -0.377. The zero-order valence-electron chi connectivity index (χ0n) is 7.71. The molecule has 2 atom stereocenters. The van der Waals surface area contributed by atoms with Gasteiger partial charge in [0.15, 0.2) is 0 Å². The molecule has 0 aliphatic heterocycles. The van der Waals surface area contributed by atoms with Crippen molar-refractivity contribution in [3.63, 3.8) is 0 Å². The fourth-order valence-corrected chi connectivity index (χ4v) is 1.85. The first-order chi connectivity index (χ1) is 5.50. The summed E-state index contributed by atoms with van der Waals surface area (Å²) in [4.78, 5) is 10.8. The SMILES string of the molecule is C=C1CC[C@H](O)C(C)(C)[C@@H]1C=O. The van der Waals surface area contributed by atoms with Crippen molar-refractivity contribution in [2.45, 2.75) is 32.8 Å². The van der Waals surface area contributed by atoms with E-state index in [9.17, 15) is 9.90 Å². The Hall–Kier alpha value is -0.630. The fraction of sp³-hybridized carbons (Fsp3) is 0.700. The van der Waals surface area contributed by atoms with E-state index in [-0.39, 0.29) is 17.4 Å². The molecule has 0 aromatic rings. The maximum absolute atomic E-state index is 10.8. The Morgan fingerprint density at radius 3 is 2.67 bits per heavy atom. The van der Waals surface area contributed by atoms with Gasteiger partial charge in [-0.15, -0.1) is 0 Å². The highest BCUT2D eigenvalue weighted by Gasteiger charge is 2.40. The Labute approximate surface area is 73.3 Å². The van der Waals surface area contributed by atoms with Gasteiger partial charge in [0, 0.05) is 11.3 Å². The molecule has 0 aromatic carbocycles. The van der Waals surface area contributed by atoms with Crippen molar-refractivity contribution in [3.05, 3.63) is 12.2 Å². The summed E-state index contributed by atoms with van der Waals surface area (Å²) in [5, 5.41) is 9.66. The van der Waals surface area contributed by atoms with E-state index in [1.807, 2.05) is 13.8 Å². The quantitative estimate of drug-likeness (QED) is 0.476. The van der Waals surface area contributed by atoms with Crippen molar-refractivity contribution >= 4 is 6.29 Å². The monoisotopic (exact) mass is 168 g/mol. The average molecular weight is 168 g/mol. The minimum absolute atomic E-state index is 0.179. The van der Waals surface area contributed by atoms with E-state index >= 15 is 0 Å². The van der Waals surface area contributed by atoms with Gasteiger partial charge < -0.3 is 9.90 Å². The minimum Gasteiger partial charge on any atom is -0.393 e. The Kier molecular flexibility index (Phi) is 2.38. The molecular weight excluding hydrogens is 152 g/mol. The van der Waals surface area contributed by atoms with Gasteiger partial charge in [-0.2, -0.15) is 0 Å². The molecule has 1 aliphatic carbocycles. The van der Waals surface area contributed by atoms with Crippen LogP contribution in [0.25, 0.3) is 0 Å². The second-order valence-corrected chi connectivity index (χ2v) is 4.15. The van der Waals surface area contributed by atoms with Crippen LogP contribution in [0.5, 0.6) is 0 Å². The highest BCUT2D eigenvalue weighted by Crippen LogP contribution is 2.41. The predicted octanol–water partition coefficient (Wildman–Crippen LogP) is 1.54. The van der Waals surface area contributed by atoms with Crippen molar-refractivity contribution in [3.8, 4) is 0 Å². The number of aldehydes is 1. The molecule has 2 nitrogen and oxygen atoms in total. The second-order valence-electron chi connectivity index (χ2n) is 4.15. The summed E-state index contributed by atoms with van der Waals surface area (Å²) in [6.45, 7) is 7.69. The molecule has 0 aromatic heterocycles. The lowest BCUT2D eigenvalue weighted by atomic mass is 9.65. The molecule has 12 heavy (non-hydrogen) atoms. The molecule has 1 N–H and O–H groups in total. The van der Waals surface area contributed by atoms with Crippen LogP contribution >= 0.6 is 0 Å². The number of aliphatic hydroxyl groups is 1.